The second-order valence-electron chi connectivity index (χ2n) is 11.1. The molecule has 1 aromatic carbocycles. The second kappa shape index (κ2) is 10.9. The highest BCUT2D eigenvalue weighted by Crippen LogP contribution is 2.44. The number of aryl methyl sites for hydroxylation is 1. The Hall–Kier alpha value is -2.55. The fraction of sp³-hybridized carbons (Fsp3) is 0.536. The number of alkyl carbamates (subject to hydrolysis) is 1. The van der Waals surface area contributed by atoms with Gasteiger partial charge in [0.05, 0.1) is 35.9 Å². The van der Waals surface area contributed by atoms with Crippen molar-refractivity contribution < 1.29 is 23.8 Å². The molecule has 2 fully saturated rings. The maximum atomic E-state index is 12.9. The van der Waals surface area contributed by atoms with Crippen LogP contribution in [0.15, 0.2) is 24.3 Å². The molecule has 4 rings (SSSR count). The van der Waals surface area contributed by atoms with Gasteiger partial charge in [0.25, 0.3) is 0 Å². The summed E-state index contributed by atoms with van der Waals surface area (Å²) in [6.45, 7) is 11.2. The molecular formula is C28H35Cl2N3O5. The monoisotopic (exact) mass is 563 g/mol. The van der Waals surface area contributed by atoms with Gasteiger partial charge in [-0.05, 0) is 59.6 Å². The predicted octanol–water partition coefficient (Wildman–Crippen LogP) is 6.05. The molecule has 10 heteroatoms. The topological polar surface area (TPSA) is 90.0 Å². The molecule has 2 aromatic rings. The van der Waals surface area contributed by atoms with Gasteiger partial charge in [0.15, 0.2) is 0 Å². The highest BCUT2D eigenvalue weighted by Gasteiger charge is 2.50. The summed E-state index contributed by atoms with van der Waals surface area (Å²) in [5.41, 5.74) is 1.68. The van der Waals surface area contributed by atoms with Crippen molar-refractivity contribution in [3.63, 3.8) is 0 Å². The molecule has 8 nitrogen and oxygen atoms in total. The van der Waals surface area contributed by atoms with E-state index in [1.165, 1.54) is 7.11 Å². The Kier molecular flexibility index (Phi) is 8.17. The Morgan fingerprint density at radius 1 is 1.18 bits per heavy atom. The Labute approximate surface area is 233 Å². The fourth-order valence-corrected chi connectivity index (χ4v) is 5.79. The molecular weight excluding hydrogens is 529 g/mol. The number of hydrogen-bond acceptors (Lipinski definition) is 7. The van der Waals surface area contributed by atoms with E-state index in [1.807, 2.05) is 46.8 Å². The number of carbonyl (C=O) groups is 2. The molecule has 0 unspecified atom stereocenters. The number of esters is 1. The first-order valence-electron chi connectivity index (χ1n) is 12.8. The van der Waals surface area contributed by atoms with Crippen LogP contribution >= 0.6 is 23.2 Å². The Balaban J connectivity index is 1.60. The van der Waals surface area contributed by atoms with Crippen LogP contribution in [0.1, 0.15) is 56.6 Å². The number of nitrogens with zero attached hydrogens (tertiary/aromatic N) is 2. The number of aromatic nitrogens is 1. The van der Waals surface area contributed by atoms with Crippen molar-refractivity contribution >= 4 is 41.1 Å². The molecule has 206 valence electrons. The second-order valence-corrected chi connectivity index (χ2v) is 11.9. The molecule has 2 aliphatic rings. The van der Waals surface area contributed by atoms with E-state index in [1.54, 1.807) is 12.1 Å². The maximum absolute atomic E-state index is 12.9. The van der Waals surface area contributed by atoms with Crippen molar-refractivity contribution in [3.8, 4) is 11.1 Å². The Bertz CT molecular complexity index is 1220. The smallest absolute Gasteiger partial charge is 0.407 e. The third kappa shape index (κ3) is 5.72. The van der Waals surface area contributed by atoms with Crippen LogP contribution in [0.4, 0.5) is 10.6 Å². The van der Waals surface area contributed by atoms with Crippen LogP contribution in [0.5, 0.6) is 0 Å². The highest BCUT2D eigenvalue weighted by molar-refractivity contribution is 6.43. The van der Waals surface area contributed by atoms with Crippen LogP contribution in [0.2, 0.25) is 10.0 Å². The molecule has 1 spiro atoms. The van der Waals surface area contributed by atoms with Crippen molar-refractivity contribution in [2.24, 2.45) is 5.41 Å². The lowest BCUT2D eigenvalue weighted by Gasteiger charge is -2.43. The average Bonchev–Trinajstić information content (AvgIpc) is 3.14. The van der Waals surface area contributed by atoms with Crippen LogP contribution < -0.4 is 10.2 Å². The van der Waals surface area contributed by atoms with Gasteiger partial charge in [0, 0.05) is 35.3 Å². The van der Waals surface area contributed by atoms with Crippen molar-refractivity contribution in [3.05, 3.63) is 45.6 Å². The van der Waals surface area contributed by atoms with E-state index >= 15 is 0 Å². The lowest BCUT2D eigenvalue weighted by atomic mass is 9.73. The van der Waals surface area contributed by atoms with Crippen molar-refractivity contribution in [2.45, 2.75) is 65.2 Å². The first-order valence-corrected chi connectivity index (χ1v) is 13.5. The molecule has 0 radical (unpaired) electrons. The number of rotatable bonds is 4. The van der Waals surface area contributed by atoms with Crippen molar-refractivity contribution in [1.82, 2.24) is 10.3 Å². The van der Waals surface area contributed by atoms with Gasteiger partial charge in [-0.1, -0.05) is 35.3 Å². The third-order valence-corrected chi connectivity index (χ3v) is 8.15. The molecule has 3 heterocycles. The summed E-state index contributed by atoms with van der Waals surface area (Å²) < 4.78 is 16.6. The molecule has 2 atom stereocenters. The molecule has 0 aliphatic carbocycles. The summed E-state index contributed by atoms with van der Waals surface area (Å²) in [4.78, 5) is 32.4. The Morgan fingerprint density at radius 2 is 1.87 bits per heavy atom. The first kappa shape index (κ1) is 28.5. The SMILES string of the molecule is COC(=O)c1cc(-c2cccc(Cl)c2Cl)c(C)nc1N1CCC2(CC1)CO[C@@H](C)[C@H]2NC(=O)OC(C)(C)C. The summed E-state index contributed by atoms with van der Waals surface area (Å²) in [5, 5.41) is 3.90. The molecule has 1 amide bonds. The maximum Gasteiger partial charge on any atom is 0.407 e. The number of methoxy groups -OCH3 is 1. The molecule has 0 bridgehead atoms. The van der Waals surface area contributed by atoms with Crippen LogP contribution in [0.3, 0.4) is 0 Å². The molecule has 2 saturated heterocycles. The minimum atomic E-state index is -0.585. The van der Waals surface area contributed by atoms with Crippen LogP contribution in [-0.4, -0.2) is 61.6 Å². The number of nitrogens with one attached hydrogen (secondary N) is 1. The van der Waals surface area contributed by atoms with Gasteiger partial charge in [-0.15, -0.1) is 0 Å². The summed E-state index contributed by atoms with van der Waals surface area (Å²) in [7, 11) is 1.35. The van der Waals surface area contributed by atoms with Gasteiger partial charge in [-0.3, -0.25) is 0 Å². The number of pyridine rings is 1. The van der Waals surface area contributed by atoms with Crippen molar-refractivity contribution in [1.29, 1.82) is 0 Å². The standard InChI is InChI=1S/C28H35Cl2N3O5/c1-16-19(18-8-7-9-21(29)22(18)30)14-20(25(34)36-6)24(31-16)33-12-10-28(11-13-33)15-37-17(2)23(28)32-26(35)38-27(3,4)5/h7-9,14,17,23H,10-13,15H2,1-6H3,(H,32,35)/t17-,23+/m0/s1. The minimum absolute atomic E-state index is 0.137. The number of carbonyl (C=O) groups excluding carboxylic acids is 2. The van der Waals surface area contributed by atoms with Gasteiger partial charge in [-0.2, -0.15) is 0 Å². The number of amides is 1. The number of piperidine rings is 1. The predicted molar refractivity (Wildman–Crippen MR) is 148 cm³/mol. The number of halogens is 2. The lowest BCUT2D eigenvalue weighted by molar-refractivity contribution is 0.0433. The summed E-state index contributed by atoms with van der Waals surface area (Å²) in [6.07, 6.45) is 0.922. The van der Waals surface area contributed by atoms with E-state index in [2.05, 4.69) is 10.2 Å². The summed E-state index contributed by atoms with van der Waals surface area (Å²) in [5.74, 6) is 0.0872. The van der Waals surface area contributed by atoms with Gasteiger partial charge >= 0.3 is 12.1 Å². The number of anilines is 1. The van der Waals surface area contributed by atoms with Crippen LogP contribution in [-0.2, 0) is 14.2 Å². The van der Waals surface area contributed by atoms with E-state index in [0.717, 1.165) is 24.1 Å². The number of ether oxygens (including phenoxy) is 3. The fourth-order valence-electron chi connectivity index (χ4n) is 5.38. The zero-order valence-corrected chi connectivity index (χ0v) is 24.2. The molecule has 1 aromatic heterocycles. The third-order valence-electron chi connectivity index (χ3n) is 7.33. The van der Waals surface area contributed by atoms with E-state index in [4.69, 9.17) is 42.4 Å². The van der Waals surface area contributed by atoms with E-state index in [-0.39, 0.29) is 17.6 Å². The van der Waals surface area contributed by atoms with Gasteiger partial charge in [0.2, 0.25) is 0 Å². The Morgan fingerprint density at radius 3 is 2.50 bits per heavy atom. The first-order chi connectivity index (χ1) is 17.8. The van der Waals surface area contributed by atoms with Crippen LogP contribution in [0.25, 0.3) is 11.1 Å². The largest absolute Gasteiger partial charge is 0.465 e. The minimum Gasteiger partial charge on any atom is -0.465 e. The van der Waals surface area contributed by atoms with Gasteiger partial charge in [0.1, 0.15) is 17.0 Å². The average molecular weight is 565 g/mol. The van der Waals surface area contributed by atoms with Crippen molar-refractivity contribution in [2.75, 3.05) is 31.7 Å². The summed E-state index contributed by atoms with van der Waals surface area (Å²) >= 11 is 12.7. The quantitative estimate of drug-likeness (QED) is 0.453. The normalized spacial score (nSPS) is 20.9. The zero-order valence-electron chi connectivity index (χ0n) is 22.7. The van der Waals surface area contributed by atoms with E-state index < -0.39 is 17.7 Å². The number of hydrogen-bond donors (Lipinski definition) is 1. The molecule has 0 saturated carbocycles. The summed E-state index contributed by atoms with van der Waals surface area (Å²) in [6, 6.07) is 6.97. The highest BCUT2D eigenvalue weighted by atomic mass is 35.5. The van der Waals surface area contributed by atoms with Gasteiger partial charge in [-0.25, -0.2) is 14.6 Å². The number of benzene rings is 1. The van der Waals surface area contributed by atoms with Crippen LogP contribution in [0, 0.1) is 12.3 Å². The van der Waals surface area contributed by atoms with E-state index in [9.17, 15) is 9.59 Å². The van der Waals surface area contributed by atoms with Gasteiger partial charge < -0.3 is 24.4 Å². The molecule has 1 N–H and O–H groups in total. The van der Waals surface area contributed by atoms with E-state index in [0.29, 0.717) is 46.7 Å². The lowest BCUT2D eigenvalue weighted by Crippen LogP contribution is -2.55. The zero-order chi connectivity index (χ0) is 27.8. The molecule has 2 aliphatic heterocycles. The molecule has 38 heavy (non-hydrogen) atoms.